The van der Waals surface area contributed by atoms with Crippen LogP contribution < -0.4 is 20.1 Å². The van der Waals surface area contributed by atoms with Crippen molar-refractivity contribution in [3.8, 4) is 11.5 Å². The smallest absolute Gasteiger partial charge is 0.328 e. The average molecular weight is 569 g/mol. The number of benzene rings is 1. The zero-order valence-electron chi connectivity index (χ0n) is 22.5. The molecule has 14 heteroatoms. The third-order valence-electron chi connectivity index (χ3n) is 5.03. The maximum atomic E-state index is 14.3. The van der Waals surface area contributed by atoms with Crippen LogP contribution in [0.2, 0.25) is 0 Å². The Morgan fingerprint density at radius 2 is 1.54 bits per heavy atom. The molecule has 4 N–H and O–H groups in total. The minimum atomic E-state index is -1.26. The fraction of sp³-hybridized carbons (Fsp3) is 0.400. The van der Waals surface area contributed by atoms with Crippen molar-refractivity contribution in [3.05, 3.63) is 46.7 Å². The molecular weight excluding hydrogens is 535 g/mol. The molecular formula is C25H33FN4O8S. The summed E-state index contributed by atoms with van der Waals surface area (Å²) in [6, 6.07) is 3.07. The summed E-state index contributed by atoms with van der Waals surface area (Å²) >= 11 is 1.08. The van der Waals surface area contributed by atoms with E-state index in [0.29, 0.717) is 37.3 Å². The third-order valence-corrected chi connectivity index (χ3v) is 5.78. The molecule has 0 saturated carbocycles. The number of aliphatic carboxylic acids is 2. The van der Waals surface area contributed by atoms with Gasteiger partial charge in [-0.25, -0.2) is 19.0 Å². The van der Waals surface area contributed by atoms with E-state index in [9.17, 15) is 23.6 Å². The molecule has 0 bridgehead atoms. The van der Waals surface area contributed by atoms with E-state index in [1.54, 1.807) is 5.38 Å². The summed E-state index contributed by atoms with van der Waals surface area (Å²) in [4.78, 5) is 50.3. The van der Waals surface area contributed by atoms with E-state index in [1.165, 1.54) is 20.3 Å². The number of hydrogen-bond acceptors (Lipinski definition) is 9. The quantitative estimate of drug-likeness (QED) is 0.279. The molecule has 1 aromatic heterocycles. The number of methoxy groups -OCH3 is 2. The highest BCUT2D eigenvalue weighted by Crippen LogP contribution is 2.30. The van der Waals surface area contributed by atoms with E-state index in [4.69, 9.17) is 19.7 Å². The number of halogens is 1. The van der Waals surface area contributed by atoms with Gasteiger partial charge < -0.3 is 25.0 Å². The first-order valence-corrected chi connectivity index (χ1v) is 12.5. The number of aromatic nitrogens is 1. The summed E-state index contributed by atoms with van der Waals surface area (Å²) in [6.45, 7) is 9.63. The summed E-state index contributed by atoms with van der Waals surface area (Å²) in [7, 11) is 2.77. The number of thiazole rings is 1. The number of carbonyl (C=O) groups is 4. The van der Waals surface area contributed by atoms with Gasteiger partial charge in [0.1, 0.15) is 11.5 Å². The number of amides is 2. The van der Waals surface area contributed by atoms with E-state index in [2.05, 4.69) is 48.2 Å². The average Bonchev–Trinajstić information content (AvgIpc) is 3.33. The topological polar surface area (TPSA) is 167 Å². The van der Waals surface area contributed by atoms with Crippen LogP contribution in [0.5, 0.6) is 11.5 Å². The molecule has 0 aliphatic heterocycles. The van der Waals surface area contributed by atoms with Crippen LogP contribution in [0, 0.1) is 5.82 Å². The Morgan fingerprint density at radius 1 is 1.00 bits per heavy atom. The van der Waals surface area contributed by atoms with Crippen molar-refractivity contribution < 1.29 is 43.3 Å². The molecule has 0 unspecified atom stereocenters. The second kappa shape index (κ2) is 16.0. The summed E-state index contributed by atoms with van der Waals surface area (Å²) in [5.74, 6) is -3.90. The Kier molecular flexibility index (Phi) is 13.6. The lowest BCUT2D eigenvalue weighted by atomic mass is 10.1. The van der Waals surface area contributed by atoms with E-state index < -0.39 is 23.7 Å². The predicted molar refractivity (Wildman–Crippen MR) is 143 cm³/mol. The standard InChI is InChI=1S/C21H29FN4O4S.C4H4O4/c1-12(2)26(13(3)4)8-7-23-20(28)16-11-31-21(24-16)25-19(27)14-9-17(29-5)18(30-6)10-15(14)22;5-3(6)1-2-4(7)8/h9-13H,7-8H2,1-6H3,(H,23,28)(H,24,25,27);1-2H,(H,5,6)(H,7,8)/b;2-1-. The molecule has 1 heterocycles. The number of nitrogens with one attached hydrogen (secondary N) is 2. The summed E-state index contributed by atoms with van der Waals surface area (Å²) in [6.07, 6.45) is 1.12. The van der Waals surface area contributed by atoms with Crippen molar-refractivity contribution in [2.75, 3.05) is 32.6 Å². The minimum Gasteiger partial charge on any atom is -0.493 e. The number of carboxylic acid groups (broad SMARTS) is 2. The van der Waals surface area contributed by atoms with Crippen LogP contribution in [0.25, 0.3) is 0 Å². The Bertz CT molecular complexity index is 1160. The molecule has 214 valence electrons. The van der Waals surface area contributed by atoms with E-state index in [-0.39, 0.29) is 33.8 Å². The number of carboxylic acids is 2. The van der Waals surface area contributed by atoms with Gasteiger partial charge in [-0.2, -0.15) is 0 Å². The van der Waals surface area contributed by atoms with Crippen LogP contribution >= 0.6 is 11.3 Å². The lowest BCUT2D eigenvalue weighted by Crippen LogP contribution is -2.42. The fourth-order valence-corrected chi connectivity index (χ4v) is 3.96. The molecule has 2 rings (SSSR count). The Balaban J connectivity index is 0.000000824. The van der Waals surface area contributed by atoms with Gasteiger partial charge in [0.15, 0.2) is 16.6 Å². The fourth-order valence-electron chi connectivity index (χ4n) is 3.27. The first-order valence-electron chi connectivity index (χ1n) is 11.7. The molecule has 0 saturated heterocycles. The minimum absolute atomic E-state index is 0.179. The van der Waals surface area contributed by atoms with Gasteiger partial charge in [-0.3, -0.25) is 19.8 Å². The maximum Gasteiger partial charge on any atom is 0.328 e. The summed E-state index contributed by atoms with van der Waals surface area (Å²) in [5.41, 5.74) is -0.0324. The lowest BCUT2D eigenvalue weighted by molar-refractivity contribution is -0.134. The molecule has 12 nitrogen and oxygen atoms in total. The van der Waals surface area contributed by atoms with Crippen LogP contribution in [0.3, 0.4) is 0 Å². The van der Waals surface area contributed by atoms with Gasteiger partial charge in [0.2, 0.25) is 0 Å². The molecule has 2 aromatic rings. The van der Waals surface area contributed by atoms with Gasteiger partial charge in [0, 0.05) is 48.8 Å². The van der Waals surface area contributed by atoms with Crippen LogP contribution in [0.1, 0.15) is 48.5 Å². The molecule has 0 spiro atoms. The Hall–Kier alpha value is -4.04. The van der Waals surface area contributed by atoms with E-state index >= 15 is 0 Å². The van der Waals surface area contributed by atoms with Crippen molar-refractivity contribution >= 4 is 40.2 Å². The highest BCUT2D eigenvalue weighted by atomic mass is 32.1. The second-order valence-corrected chi connectivity index (χ2v) is 9.23. The number of ether oxygens (including phenoxy) is 2. The number of anilines is 1. The van der Waals surface area contributed by atoms with Crippen molar-refractivity contribution in [1.82, 2.24) is 15.2 Å². The van der Waals surface area contributed by atoms with Crippen LogP contribution in [-0.4, -0.2) is 83.2 Å². The second-order valence-electron chi connectivity index (χ2n) is 8.37. The molecule has 0 radical (unpaired) electrons. The molecule has 2 amide bonds. The van der Waals surface area contributed by atoms with E-state index in [1.807, 2.05) is 0 Å². The number of hydrogen-bond donors (Lipinski definition) is 4. The van der Waals surface area contributed by atoms with Gasteiger partial charge in [0.25, 0.3) is 11.8 Å². The predicted octanol–water partition coefficient (Wildman–Crippen LogP) is 3.11. The molecule has 39 heavy (non-hydrogen) atoms. The zero-order valence-corrected chi connectivity index (χ0v) is 23.3. The maximum absolute atomic E-state index is 14.3. The number of rotatable bonds is 12. The first-order chi connectivity index (χ1) is 18.3. The number of carbonyl (C=O) groups excluding carboxylic acids is 2. The SMILES string of the molecule is COc1cc(F)c(C(=O)Nc2nc(C(=O)NCCN(C(C)C)C(C)C)cs2)cc1OC.O=C(O)/C=C\C(=O)O. The Morgan fingerprint density at radius 3 is 2.03 bits per heavy atom. The zero-order chi connectivity index (χ0) is 29.7. The first kappa shape index (κ1) is 33.0. The van der Waals surface area contributed by atoms with Crippen molar-refractivity contribution in [2.45, 2.75) is 39.8 Å². The highest BCUT2D eigenvalue weighted by molar-refractivity contribution is 7.14. The Labute approximate surface area is 229 Å². The largest absolute Gasteiger partial charge is 0.493 e. The molecule has 0 aliphatic carbocycles. The van der Waals surface area contributed by atoms with Crippen molar-refractivity contribution in [3.63, 3.8) is 0 Å². The van der Waals surface area contributed by atoms with Crippen LogP contribution in [0.15, 0.2) is 29.7 Å². The molecule has 0 atom stereocenters. The van der Waals surface area contributed by atoms with Gasteiger partial charge in [-0.05, 0) is 33.8 Å². The van der Waals surface area contributed by atoms with Gasteiger partial charge >= 0.3 is 11.9 Å². The van der Waals surface area contributed by atoms with Gasteiger partial charge in [-0.15, -0.1) is 11.3 Å². The van der Waals surface area contributed by atoms with Crippen molar-refractivity contribution in [2.24, 2.45) is 0 Å². The lowest BCUT2D eigenvalue weighted by Gasteiger charge is -2.30. The van der Waals surface area contributed by atoms with Crippen LogP contribution in [-0.2, 0) is 9.59 Å². The molecule has 0 aliphatic rings. The summed E-state index contributed by atoms with van der Waals surface area (Å²) < 4.78 is 24.4. The van der Waals surface area contributed by atoms with E-state index in [0.717, 1.165) is 17.4 Å². The van der Waals surface area contributed by atoms with Crippen molar-refractivity contribution in [1.29, 1.82) is 0 Å². The highest BCUT2D eigenvalue weighted by Gasteiger charge is 2.19. The monoisotopic (exact) mass is 568 g/mol. The summed E-state index contributed by atoms with van der Waals surface area (Å²) in [5, 5.41) is 22.7. The van der Waals surface area contributed by atoms with Gasteiger partial charge in [0.05, 0.1) is 19.8 Å². The number of nitrogens with zero attached hydrogens (tertiary/aromatic N) is 2. The van der Waals surface area contributed by atoms with Crippen LogP contribution in [0.4, 0.5) is 9.52 Å². The molecule has 0 fully saturated rings. The molecule has 1 aromatic carbocycles. The normalized spacial score (nSPS) is 10.8. The third kappa shape index (κ3) is 11.1. The van der Waals surface area contributed by atoms with Gasteiger partial charge in [-0.1, -0.05) is 0 Å².